The number of aryl methyl sites for hydroxylation is 1. The minimum absolute atomic E-state index is 0.125. The van der Waals surface area contributed by atoms with E-state index in [1.54, 1.807) is 19.1 Å². The predicted molar refractivity (Wildman–Crippen MR) is 86.1 cm³/mol. The maximum Gasteiger partial charge on any atom is 0.341 e. The van der Waals surface area contributed by atoms with Gasteiger partial charge in [-0.1, -0.05) is 0 Å². The third-order valence-electron chi connectivity index (χ3n) is 3.20. The molecule has 2 aromatic heterocycles. The van der Waals surface area contributed by atoms with Gasteiger partial charge in [0.25, 0.3) is 5.91 Å². The van der Waals surface area contributed by atoms with Crippen LogP contribution in [-0.4, -0.2) is 19.0 Å². The summed E-state index contributed by atoms with van der Waals surface area (Å²) >= 11 is 1.26. The average molecular weight is 330 g/mol. The van der Waals surface area contributed by atoms with Crippen molar-refractivity contribution in [1.82, 2.24) is 0 Å². The first-order chi connectivity index (χ1) is 11.0. The summed E-state index contributed by atoms with van der Waals surface area (Å²) in [5, 5.41) is 12.1. The molecule has 0 aliphatic heterocycles. The summed E-state index contributed by atoms with van der Waals surface area (Å²) in [5.74, 6) is -0.755. The molecular weight excluding hydrogens is 316 g/mol. The zero-order valence-corrected chi connectivity index (χ0v) is 13.6. The number of methoxy groups -OCH3 is 1. The van der Waals surface area contributed by atoms with Gasteiger partial charge in [-0.25, -0.2) is 4.79 Å². The van der Waals surface area contributed by atoms with Gasteiger partial charge in [0.15, 0.2) is 0 Å². The Morgan fingerprint density at radius 3 is 2.74 bits per heavy atom. The highest BCUT2D eigenvalue weighted by Crippen LogP contribution is 2.33. The lowest BCUT2D eigenvalue weighted by Gasteiger charge is -2.05. The van der Waals surface area contributed by atoms with Gasteiger partial charge in [-0.3, -0.25) is 4.79 Å². The number of amides is 1. The zero-order chi connectivity index (χ0) is 17.0. The number of thiophene rings is 1. The Kier molecular flexibility index (Phi) is 4.98. The Labute approximate surface area is 137 Å². The molecule has 0 radical (unpaired) electrons. The second-order valence-electron chi connectivity index (χ2n) is 4.62. The SMILES string of the molecule is COC(=O)c1c(NC(=O)C(C#N)=Cc2ccco2)sc(C)c1C. The number of anilines is 1. The van der Waals surface area contributed by atoms with Crippen molar-refractivity contribution >= 4 is 34.3 Å². The Morgan fingerprint density at radius 1 is 1.43 bits per heavy atom. The molecule has 2 rings (SSSR count). The molecule has 0 aliphatic rings. The number of rotatable bonds is 4. The van der Waals surface area contributed by atoms with Gasteiger partial charge in [0.1, 0.15) is 22.4 Å². The van der Waals surface area contributed by atoms with E-state index in [-0.39, 0.29) is 5.57 Å². The first-order valence-corrected chi connectivity index (χ1v) is 7.44. The fourth-order valence-corrected chi connectivity index (χ4v) is 2.94. The second-order valence-corrected chi connectivity index (χ2v) is 5.84. The molecule has 7 heteroatoms. The van der Waals surface area contributed by atoms with Crippen molar-refractivity contribution in [2.24, 2.45) is 0 Å². The summed E-state index contributed by atoms with van der Waals surface area (Å²) < 4.78 is 9.84. The van der Waals surface area contributed by atoms with E-state index < -0.39 is 11.9 Å². The van der Waals surface area contributed by atoms with Crippen LogP contribution in [0.5, 0.6) is 0 Å². The number of carbonyl (C=O) groups excluding carboxylic acids is 2. The van der Waals surface area contributed by atoms with Gasteiger partial charge in [-0.2, -0.15) is 5.26 Å². The van der Waals surface area contributed by atoms with Crippen LogP contribution in [0.2, 0.25) is 0 Å². The molecule has 0 saturated heterocycles. The number of hydrogen-bond donors (Lipinski definition) is 1. The first-order valence-electron chi connectivity index (χ1n) is 6.62. The van der Waals surface area contributed by atoms with E-state index in [0.29, 0.717) is 16.3 Å². The molecule has 0 fully saturated rings. The smallest absolute Gasteiger partial charge is 0.341 e. The van der Waals surface area contributed by atoms with Crippen LogP contribution in [0.15, 0.2) is 28.4 Å². The number of esters is 1. The summed E-state index contributed by atoms with van der Waals surface area (Å²) in [7, 11) is 1.28. The lowest BCUT2D eigenvalue weighted by Crippen LogP contribution is -2.15. The van der Waals surface area contributed by atoms with Gasteiger partial charge in [-0.15, -0.1) is 11.3 Å². The molecule has 118 valence electrons. The summed E-state index contributed by atoms with van der Waals surface area (Å²) in [6.45, 7) is 3.61. The maximum absolute atomic E-state index is 12.3. The summed E-state index contributed by atoms with van der Waals surface area (Å²) in [5.41, 5.74) is 0.920. The number of carbonyl (C=O) groups is 2. The van der Waals surface area contributed by atoms with E-state index in [2.05, 4.69) is 5.32 Å². The fourth-order valence-electron chi connectivity index (χ4n) is 1.90. The first kappa shape index (κ1) is 16.5. The Morgan fingerprint density at radius 2 is 2.17 bits per heavy atom. The quantitative estimate of drug-likeness (QED) is 0.527. The van der Waals surface area contributed by atoms with Crippen molar-refractivity contribution in [3.05, 3.63) is 45.7 Å². The largest absolute Gasteiger partial charge is 0.465 e. The average Bonchev–Trinajstić information content (AvgIpc) is 3.13. The monoisotopic (exact) mass is 330 g/mol. The zero-order valence-electron chi connectivity index (χ0n) is 12.8. The van der Waals surface area contributed by atoms with Crippen LogP contribution in [0.1, 0.15) is 26.6 Å². The number of nitriles is 1. The van der Waals surface area contributed by atoms with Crippen LogP contribution in [0.4, 0.5) is 5.00 Å². The van der Waals surface area contributed by atoms with Crippen LogP contribution in [0.25, 0.3) is 6.08 Å². The van der Waals surface area contributed by atoms with Crippen molar-refractivity contribution in [2.45, 2.75) is 13.8 Å². The molecule has 0 saturated carbocycles. The van der Waals surface area contributed by atoms with Crippen LogP contribution < -0.4 is 5.32 Å². The van der Waals surface area contributed by atoms with E-state index in [4.69, 9.17) is 14.4 Å². The van der Waals surface area contributed by atoms with Gasteiger partial charge >= 0.3 is 5.97 Å². The molecule has 23 heavy (non-hydrogen) atoms. The molecule has 1 N–H and O–H groups in total. The molecule has 6 nitrogen and oxygen atoms in total. The van der Waals surface area contributed by atoms with Crippen LogP contribution >= 0.6 is 11.3 Å². The highest BCUT2D eigenvalue weighted by atomic mass is 32.1. The van der Waals surface area contributed by atoms with Crippen LogP contribution in [-0.2, 0) is 9.53 Å². The maximum atomic E-state index is 12.3. The Bertz CT molecular complexity index is 810. The van der Waals surface area contributed by atoms with Gasteiger partial charge < -0.3 is 14.5 Å². The van der Waals surface area contributed by atoms with E-state index in [1.807, 2.05) is 13.0 Å². The highest BCUT2D eigenvalue weighted by molar-refractivity contribution is 7.16. The van der Waals surface area contributed by atoms with Gasteiger partial charge in [-0.05, 0) is 31.5 Å². The molecule has 2 heterocycles. The summed E-state index contributed by atoms with van der Waals surface area (Å²) in [6, 6.07) is 5.10. The Hall–Kier alpha value is -2.85. The molecular formula is C16H14N2O4S. The number of nitrogens with zero attached hydrogens (tertiary/aromatic N) is 1. The third kappa shape index (κ3) is 3.49. The summed E-state index contributed by atoms with van der Waals surface area (Å²) in [4.78, 5) is 25.0. The molecule has 0 aromatic carbocycles. The van der Waals surface area contributed by atoms with Gasteiger partial charge in [0.2, 0.25) is 0 Å². The lowest BCUT2D eigenvalue weighted by atomic mass is 10.1. The van der Waals surface area contributed by atoms with E-state index in [0.717, 1.165) is 10.4 Å². The predicted octanol–water partition coefficient (Wildman–Crippen LogP) is 3.29. The fraction of sp³-hybridized carbons (Fsp3) is 0.188. The molecule has 2 aromatic rings. The molecule has 0 spiro atoms. The highest BCUT2D eigenvalue weighted by Gasteiger charge is 2.22. The molecule has 0 aliphatic carbocycles. The minimum atomic E-state index is -0.615. The minimum Gasteiger partial charge on any atom is -0.465 e. The number of hydrogen-bond acceptors (Lipinski definition) is 6. The lowest BCUT2D eigenvalue weighted by molar-refractivity contribution is -0.112. The van der Waals surface area contributed by atoms with Gasteiger partial charge in [0.05, 0.1) is 18.9 Å². The molecule has 0 bridgehead atoms. The number of nitrogens with one attached hydrogen (secondary N) is 1. The molecule has 0 unspecified atom stereocenters. The van der Waals surface area contributed by atoms with E-state index in [1.165, 1.54) is 30.8 Å². The van der Waals surface area contributed by atoms with Crippen molar-refractivity contribution in [3.63, 3.8) is 0 Å². The molecule has 1 amide bonds. The van der Waals surface area contributed by atoms with Crippen molar-refractivity contribution in [2.75, 3.05) is 12.4 Å². The third-order valence-corrected chi connectivity index (χ3v) is 4.32. The van der Waals surface area contributed by atoms with Gasteiger partial charge in [0, 0.05) is 11.0 Å². The van der Waals surface area contributed by atoms with E-state index in [9.17, 15) is 9.59 Å². The van der Waals surface area contributed by atoms with Crippen LogP contribution in [0, 0.1) is 25.2 Å². The van der Waals surface area contributed by atoms with Crippen molar-refractivity contribution < 1.29 is 18.7 Å². The second kappa shape index (κ2) is 6.94. The molecule has 0 atom stereocenters. The van der Waals surface area contributed by atoms with E-state index >= 15 is 0 Å². The summed E-state index contributed by atoms with van der Waals surface area (Å²) in [6.07, 6.45) is 2.78. The van der Waals surface area contributed by atoms with Crippen LogP contribution in [0.3, 0.4) is 0 Å². The Balaban J connectivity index is 2.32. The van der Waals surface area contributed by atoms with Crippen molar-refractivity contribution in [3.8, 4) is 6.07 Å². The standard InChI is InChI=1S/C16H14N2O4S/c1-9-10(2)23-15(13(9)16(20)21-3)18-14(19)11(8-17)7-12-5-4-6-22-12/h4-7H,1-3H3,(H,18,19). The topological polar surface area (TPSA) is 92.3 Å². The number of furan rings is 1. The number of ether oxygens (including phenoxy) is 1. The normalized spacial score (nSPS) is 11.0. The van der Waals surface area contributed by atoms with Crippen molar-refractivity contribution in [1.29, 1.82) is 5.26 Å².